The lowest BCUT2D eigenvalue weighted by molar-refractivity contribution is -0.134. The summed E-state index contributed by atoms with van der Waals surface area (Å²) >= 11 is 0. The van der Waals surface area contributed by atoms with Crippen LogP contribution in [0.2, 0.25) is 0 Å². The maximum Gasteiger partial charge on any atom is 0.311 e. The minimum absolute atomic E-state index is 0.0329. The van der Waals surface area contributed by atoms with E-state index in [2.05, 4.69) is 6.92 Å². The van der Waals surface area contributed by atoms with Crippen LogP contribution in [0.4, 0.5) is 0 Å². The normalized spacial score (nSPS) is 11.1. The Morgan fingerprint density at radius 3 is 2.12 bits per heavy atom. The van der Waals surface area contributed by atoms with Gasteiger partial charge in [-0.05, 0) is 42.8 Å². The van der Waals surface area contributed by atoms with E-state index in [0.29, 0.717) is 12.0 Å². The van der Waals surface area contributed by atoms with Gasteiger partial charge in [-0.1, -0.05) is 58.3 Å². The molecule has 0 radical (unpaired) electrons. The van der Waals surface area contributed by atoms with Crippen molar-refractivity contribution in [2.45, 2.75) is 71.1 Å². The molecule has 6 heteroatoms. The van der Waals surface area contributed by atoms with Crippen LogP contribution in [-0.2, 0) is 4.79 Å². The molecule has 33 heavy (non-hydrogen) atoms. The number of carbonyl (C=O) groups is 2. The molecule has 0 fully saturated rings. The van der Waals surface area contributed by atoms with Crippen molar-refractivity contribution in [3.63, 3.8) is 0 Å². The molecule has 3 N–H and O–H groups in total. The predicted molar refractivity (Wildman–Crippen MR) is 129 cm³/mol. The molecular formula is C27H34O6. The summed E-state index contributed by atoms with van der Waals surface area (Å²) in [5.74, 6) is -1.19. The number of ketones is 1. The van der Waals surface area contributed by atoms with Gasteiger partial charge in [0.2, 0.25) is 0 Å². The third kappa shape index (κ3) is 9.39. The van der Waals surface area contributed by atoms with Gasteiger partial charge in [-0.25, -0.2) is 0 Å². The Hall–Kier alpha value is -3.28. The second-order valence-electron chi connectivity index (χ2n) is 8.17. The maximum absolute atomic E-state index is 12.2. The minimum atomic E-state index is -0.483. The molecule has 0 aliphatic heterocycles. The van der Waals surface area contributed by atoms with Crippen LogP contribution < -0.4 is 4.74 Å². The lowest BCUT2D eigenvalue weighted by atomic mass is 10.1. The molecule has 2 aromatic rings. The number of rotatable bonds is 14. The van der Waals surface area contributed by atoms with Gasteiger partial charge in [-0.15, -0.1) is 0 Å². The molecule has 0 heterocycles. The number of hydrogen-bond acceptors (Lipinski definition) is 6. The zero-order valence-corrected chi connectivity index (χ0v) is 19.3. The van der Waals surface area contributed by atoms with Gasteiger partial charge in [-0.3, -0.25) is 9.59 Å². The molecule has 0 saturated carbocycles. The highest BCUT2D eigenvalue weighted by Crippen LogP contribution is 2.27. The van der Waals surface area contributed by atoms with E-state index in [-0.39, 0.29) is 34.5 Å². The second kappa shape index (κ2) is 14.0. The van der Waals surface area contributed by atoms with Crippen LogP contribution in [-0.4, -0.2) is 27.1 Å². The van der Waals surface area contributed by atoms with Crippen molar-refractivity contribution in [3.05, 3.63) is 53.6 Å². The number of unbranched alkanes of at least 4 members (excludes halogenated alkanes) is 8. The SMILES string of the molecule is CCCCCCCCCCCC(=O)Oc1ccc(C=CC(=O)c2ccc(O)cc2O)c(O)c1. The first-order valence-corrected chi connectivity index (χ1v) is 11.7. The average Bonchev–Trinajstić information content (AvgIpc) is 2.77. The number of phenolic OH excluding ortho intramolecular Hbond substituents is 3. The van der Waals surface area contributed by atoms with Gasteiger partial charge >= 0.3 is 5.97 Å². The Morgan fingerprint density at radius 2 is 1.48 bits per heavy atom. The number of benzene rings is 2. The molecule has 2 aromatic carbocycles. The maximum atomic E-state index is 12.2. The summed E-state index contributed by atoms with van der Waals surface area (Å²) in [6.45, 7) is 2.21. The van der Waals surface area contributed by atoms with Crippen LogP contribution in [0.5, 0.6) is 23.0 Å². The number of carbonyl (C=O) groups excluding carboxylic acids is 2. The fourth-order valence-electron chi connectivity index (χ4n) is 3.47. The molecule has 0 saturated heterocycles. The highest BCUT2D eigenvalue weighted by Gasteiger charge is 2.10. The molecule has 0 atom stereocenters. The van der Waals surface area contributed by atoms with Crippen LogP contribution in [0.3, 0.4) is 0 Å². The number of esters is 1. The Kier molecular flexibility index (Phi) is 11.0. The van der Waals surface area contributed by atoms with Crippen molar-refractivity contribution in [1.82, 2.24) is 0 Å². The number of phenols is 3. The van der Waals surface area contributed by atoms with E-state index in [1.165, 1.54) is 74.9 Å². The van der Waals surface area contributed by atoms with Crippen LogP contribution in [0.25, 0.3) is 6.08 Å². The van der Waals surface area contributed by atoms with Crippen LogP contribution in [0, 0.1) is 0 Å². The van der Waals surface area contributed by atoms with E-state index in [9.17, 15) is 24.9 Å². The van der Waals surface area contributed by atoms with Crippen LogP contribution in [0.15, 0.2) is 42.5 Å². The summed E-state index contributed by atoms with van der Waals surface area (Å²) in [4.78, 5) is 24.3. The largest absolute Gasteiger partial charge is 0.508 e. The third-order valence-electron chi connectivity index (χ3n) is 5.38. The average molecular weight is 455 g/mol. The van der Waals surface area contributed by atoms with E-state index < -0.39 is 5.78 Å². The van der Waals surface area contributed by atoms with Crippen molar-refractivity contribution in [1.29, 1.82) is 0 Å². The van der Waals surface area contributed by atoms with Gasteiger partial charge in [0.15, 0.2) is 5.78 Å². The Bertz CT molecular complexity index is 948. The lowest BCUT2D eigenvalue weighted by Gasteiger charge is -2.07. The van der Waals surface area contributed by atoms with Gasteiger partial charge < -0.3 is 20.1 Å². The molecule has 0 unspecified atom stereocenters. The molecular weight excluding hydrogens is 420 g/mol. The summed E-state index contributed by atoms with van der Waals surface area (Å²) in [6, 6.07) is 8.11. The topological polar surface area (TPSA) is 104 Å². The lowest BCUT2D eigenvalue weighted by Crippen LogP contribution is -2.07. The van der Waals surface area contributed by atoms with E-state index in [4.69, 9.17) is 4.74 Å². The highest BCUT2D eigenvalue weighted by molar-refractivity contribution is 6.08. The monoisotopic (exact) mass is 454 g/mol. The van der Waals surface area contributed by atoms with Gasteiger partial charge in [0, 0.05) is 24.1 Å². The summed E-state index contributed by atoms with van der Waals surface area (Å²) in [7, 11) is 0. The fraction of sp³-hybridized carbons (Fsp3) is 0.407. The first kappa shape index (κ1) is 26.0. The molecule has 2 rings (SSSR count). The molecule has 0 aliphatic carbocycles. The zero-order valence-electron chi connectivity index (χ0n) is 19.3. The summed E-state index contributed by atoms with van der Waals surface area (Å²) in [5, 5.41) is 29.3. The summed E-state index contributed by atoms with van der Waals surface area (Å²) < 4.78 is 5.30. The summed E-state index contributed by atoms with van der Waals surface area (Å²) in [5.41, 5.74) is 0.394. The molecule has 0 amide bonds. The molecule has 0 bridgehead atoms. The van der Waals surface area contributed by atoms with Crippen molar-refractivity contribution in [2.75, 3.05) is 0 Å². The van der Waals surface area contributed by atoms with Crippen molar-refractivity contribution < 1.29 is 29.6 Å². The number of hydrogen-bond donors (Lipinski definition) is 3. The molecule has 6 nitrogen and oxygen atoms in total. The first-order valence-electron chi connectivity index (χ1n) is 11.7. The number of allylic oxidation sites excluding steroid dienone is 1. The number of ether oxygens (including phenoxy) is 1. The van der Waals surface area contributed by atoms with Crippen molar-refractivity contribution in [3.8, 4) is 23.0 Å². The predicted octanol–water partition coefficient (Wildman–Crippen LogP) is 6.53. The Morgan fingerprint density at radius 1 is 0.818 bits per heavy atom. The standard InChI is InChI=1S/C27H34O6/c1-2-3-4-5-6-7-8-9-10-11-27(32)33-22-15-12-20(25(30)19-22)13-17-24(29)23-16-14-21(28)18-26(23)31/h12-19,28,30-31H,2-11H2,1H3. The highest BCUT2D eigenvalue weighted by atomic mass is 16.5. The fourth-order valence-corrected chi connectivity index (χ4v) is 3.47. The van der Waals surface area contributed by atoms with E-state index in [1.807, 2.05) is 0 Å². The quantitative estimate of drug-likeness (QED) is 0.0986. The minimum Gasteiger partial charge on any atom is -0.508 e. The smallest absolute Gasteiger partial charge is 0.311 e. The van der Waals surface area contributed by atoms with E-state index in [1.54, 1.807) is 6.07 Å². The van der Waals surface area contributed by atoms with Gasteiger partial charge in [0.1, 0.15) is 23.0 Å². The van der Waals surface area contributed by atoms with Crippen molar-refractivity contribution >= 4 is 17.8 Å². The van der Waals surface area contributed by atoms with Gasteiger partial charge in [0.25, 0.3) is 0 Å². The van der Waals surface area contributed by atoms with Crippen LogP contribution in [0.1, 0.15) is 87.1 Å². The first-order chi connectivity index (χ1) is 15.9. The van der Waals surface area contributed by atoms with Crippen molar-refractivity contribution in [2.24, 2.45) is 0 Å². The molecule has 178 valence electrons. The second-order valence-corrected chi connectivity index (χ2v) is 8.17. The third-order valence-corrected chi connectivity index (χ3v) is 5.38. The summed E-state index contributed by atoms with van der Waals surface area (Å²) in [6.07, 6.45) is 13.5. The van der Waals surface area contributed by atoms with Gasteiger partial charge in [0.05, 0.1) is 5.56 Å². The van der Waals surface area contributed by atoms with Gasteiger partial charge in [-0.2, -0.15) is 0 Å². The zero-order chi connectivity index (χ0) is 24.1. The van der Waals surface area contributed by atoms with E-state index in [0.717, 1.165) is 25.3 Å². The Balaban J connectivity index is 1.76. The molecule has 0 aromatic heterocycles. The van der Waals surface area contributed by atoms with Crippen LogP contribution >= 0.6 is 0 Å². The Labute approximate surface area is 195 Å². The molecule has 0 spiro atoms. The molecule has 0 aliphatic rings. The van der Waals surface area contributed by atoms with E-state index >= 15 is 0 Å². The number of aromatic hydroxyl groups is 3.